The van der Waals surface area contributed by atoms with Gasteiger partial charge in [-0.1, -0.05) is 30.3 Å². The minimum absolute atomic E-state index is 0.194. The molecule has 0 bridgehead atoms. The van der Waals surface area contributed by atoms with Gasteiger partial charge in [-0.3, -0.25) is 4.98 Å². The van der Waals surface area contributed by atoms with Crippen LogP contribution in [-0.4, -0.2) is 22.6 Å². The van der Waals surface area contributed by atoms with Crippen LogP contribution in [-0.2, 0) is 6.42 Å². The quantitative estimate of drug-likeness (QED) is 0.845. The Morgan fingerprint density at radius 1 is 1.22 bits per heavy atom. The summed E-state index contributed by atoms with van der Waals surface area (Å²) in [4.78, 5) is 14.7. The molecular formula is C14H14N2O2. The van der Waals surface area contributed by atoms with Gasteiger partial charge in [0.1, 0.15) is 0 Å². The molecule has 0 atom stereocenters. The molecule has 0 saturated heterocycles. The monoisotopic (exact) mass is 242 g/mol. The fourth-order valence-electron chi connectivity index (χ4n) is 1.65. The number of hydrogen-bond acceptors (Lipinski definition) is 3. The van der Waals surface area contributed by atoms with Gasteiger partial charge in [-0.2, -0.15) is 0 Å². The van der Waals surface area contributed by atoms with Crippen molar-refractivity contribution >= 4 is 11.7 Å². The Hall–Kier alpha value is -2.36. The first-order valence-corrected chi connectivity index (χ1v) is 5.72. The van der Waals surface area contributed by atoms with Gasteiger partial charge in [0.25, 0.3) is 0 Å². The summed E-state index contributed by atoms with van der Waals surface area (Å²) in [6, 6.07) is 11.7. The minimum atomic E-state index is -0.964. The van der Waals surface area contributed by atoms with Crippen molar-refractivity contribution in [2.24, 2.45) is 0 Å². The molecule has 1 aromatic carbocycles. The average Bonchev–Trinajstić information content (AvgIpc) is 2.40. The van der Waals surface area contributed by atoms with E-state index >= 15 is 0 Å². The molecule has 1 heterocycles. The Kier molecular flexibility index (Phi) is 3.91. The lowest BCUT2D eigenvalue weighted by molar-refractivity contribution is 0.0696. The van der Waals surface area contributed by atoms with E-state index in [1.165, 1.54) is 11.8 Å². The van der Waals surface area contributed by atoms with Crippen LogP contribution in [0.2, 0.25) is 0 Å². The predicted octanol–water partition coefficient (Wildman–Crippen LogP) is 2.43. The van der Waals surface area contributed by atoms with Crippen LogP contribution in [0.3, 0.4) is 0 Å². The maximum Gasteiger partial charge on any atom is 0.337 e. The topological polar surface area (TPSA) is 62.2 Å². The smallest absolute Gasteiger partial charge is 0.337 e. The molecule has 0 aliphatic heterocycles. The maximum absolute atomic E-state index is 10.8. The molecule has 92 valence electrons. The van der Waals surface area contributed by atoms with Crippen LogP contribution in [0, 0.1) is 0 Å². The van der Waals surface area contributed by atoms with Crippen molar-refractivity contribution < 1.29 is 9.90 Å². The minimum Gasteiger partial charge on any atom is -0.478 e. The van der Waals surface area contributed by atoms with E-state index in [0.717, 1.165) is 18.7 Å². The van der Waals surface area contributed by atoms with Crippen LogP contribution in [0.5, 0.6) is 0 Å². The van der Waals surface area contributed by atoms with Crippen molar-refractivity contribution in [1.29, 1.82) is 0 Å². The van der Waals surface area contributed by atoms with Gasteiger partial charge >= 0.3 is 5.97 Å². The summed E-state index contributed by atoms with van der Waals surface area (Å²) in [6.07, 6.45) is 3.85. The number of rotatable bonds is 5. The van der Waals surface area contributed by atoms with Gasteiger partial charge in [-0.05, 0) is 18.1 Å². The molecule has 4 nitrogen and oxygen atoms in total. The number of hydrogen-bond donors (Lipinski definition) is 2. The largest absolute Gasteiger partial charge is 0.478 e. The van der Waals surface area contributed by atoms with Gasteiger partial charge in [0.15, 0.2) is 0 Å². The first-order chi connectivity index (χ1) is 8.75. The van der Waals surface area contributed by atoms with Crippen LogP contribution < -0.4 is 5.32 Å². The third-order valence-electron chi connectivity index (χ3n) is 2.57. The van der Waals surface area contributed by atoms with Crippen LogP contribution in [0.15, 0.2) is 48.8 Å². The van der Waals surface area contributed by atoms with Crippen LogP contribution in [0.1, 0.15) is 15.9 Å². The van der Waals surface area contributed by atoms with E-state index in [9.17, 15) is 4.79 Å². The molecule has 0 saturated carbocycles. The zero-order chi connectivity index (χ0) is 12.8. The molecule has 0 amide bonds. The molecule has 2 rings (SSSR count). The standard InChI is InChI=1S/C14H14N2O2/c17-14(18)12-8-13(10-15-9-12)16-7-6-11-4-2-1-3-5-11/h1-5,8-10,16H,6-7H2,(H,17,18). The van der Waals surface area contributed by atoms with Gasteiger partial charge in [-0.25, -0.2) is 4.79 Å². The van der Waals surface area contributed by atoms with Gasteiger partial charge in [-0.15, -0.1) is 0 Å². The third kappa shape index (κ3) is 3.31. The number of aromatic carboxylic acids is 1. The number of carbonyl (C=O) groups is 1. The van der Waals surface area contributed by atoms with Crippen molar-refractivity contribution in [3.63, 3.8) is 0 Å². The Morgan fingerprint density at radius 2 is 2.00 bits per heavy atom. The lowest BCUT2D eigenvalue weighted by Crippen LogP contribution is -2.06. The molecule has 0 aliphatic rings. The summed E-state index contributed by atoms with van der Waals surface area (Å²) in [5.74, 6) is -0.964. The fraction of sp³-hybridized carbons (Fsp3) is 0.143. The van der Waals surface area contributed by atoms with Crippen molar-refractivity contribution in [3.05, 3.63) is 59.9 Å². The first kappa shape index (κ1) is 12.1. The molecular weight excluding hydrogens is 228 g/mol. The normalized spacial score (nSPS) is 10.0. The molecule has 2 N–H and O–H groups in total. The summed E-state index contributed by atoms with van der Waals surface area (Å²) in [6.45, 7) is 0.745. The zero-order valence-corrected chi connectivity index (χ0v) is 9.84. The number of benzene rings is 1. The van der Waals surface area contributed by atoms with E-state index in [-0.39, 0.29) is 5.56 Å². The summed E-state index contributed by atoms with van der Waals surface area (Å²) < 4.78 is 0. The number of pyridine rings is 1. The van der Waals surface area contributed by atoms with Crippen LogP contribution in [0.25, 0.3) is 0 Å². The SMILES string of the molecule is O=C(O)c1cncc(NCCc2ccccc2)c1. The molecule has 4 heteroatoms. The highest BCUT2D eigenvalue weighted by atomic mass is 16.4. The number of aromatic nitrogens is 1. The molecule has 0 unspecified atom stereocenters. The van der Waals surface area contributed by atoms with Gasteiger partial charge in [0.2, 0.25) is 0 Å². The summed E-state index contributed by atoms with van der Waals surface area (Å²) in [5, 5.41) is 12.0. The first-order valence-electron chi connectivity index (χ1n) is 5.72. The second-order valence-corrected chi connectivity index (χ2v) is 3.93. The highest BCUT2D eigenvalue weighted by Gasteiger charge is 2.03. The van der Waals surface area contributed by atoms with Gasteiger partial charge in [0, 0.05) is 18.9 Å². The molecule has 0 fully saturated rings. The summed E-state index contributed by atoms with van der Waals surface area (Å²) in [7, 11) is 0. The van der Waals surface area contributed by atoms with Crippen molar-refractivity contribution in [1.82, 2.24) is 4.98 Å². The van der Waals surface area contributed by atoms with E-state index in [2.05, 4.69) is 22.4 Å². The third-order valence-corrected chi connectivity index (χ3v) is 2.57. The van der Waals surface area contributed by atoms with Crippen molar-refractivity contribution in [3.8, 4) is 0 Å². The number of nitrogens with one attached hydrogen (secondary N) is 1. The molecule has 0 aliphatic carbocycles. The highest BCUT2D eigenvalue weighted by Crippen LogP contribution is 2.08. The molecule has 0 spiro atoms. The predicted molar refractivity (Wildman–Crippen MR) is 69.8 cm³/mol. The zero-order valence-electron chi connectivity index (χ0n) is 9.84. The van der Waals surface area contributed by atoms with E-state index < -0.39 is 5.97 Å². The summed E-state index contributed by atoms with van der Waals surface area (Å²) >= 11 is 0. The second kappa shape index (κ2) is 5.82. The van der Waals surface area contributed by atoms with E-state index in [0.29, 0.717) is 0 Å². The second-order valence-electron chi connectivity index (χ2n) is 3.93. The lowest BCUT2D eigenvalue weighted by atomic mass is 10.1. The Morgan fingerprint density at radius 3 is 2.72 bits per heavy atom. The molecule has 1 aromatic heterocycles. The average molecular weight is 242 g/mol. The molecule has 2 aromatic rings. The number of carboxylic acids is 1. The Labute approximate surface area is 105 Å². The number of anilines is 1. The van der Waals surface area contributed by atoms with Crippen LogP contribution >= 0.6 is 0 Å². The number of nitrogens with zero attached hydrogens (tertiary/aromatic N) is 1. The Balaban J connectivity index is 1.90. The Bertz CT molecular complexity index is 526. The van der Waals surface area contributed by atoms with Gasteiger partial charge < -0.3 is 10.4 Å². The van der Waals surface area contributed by atoms with E-state index in [1.54, 1.807) is 12.3 Å². The molecule has 18 heavy (non-hydrogen) atoms. The van der Waals surface area contributed by atoms with Crippen LogP contribution in [0.4, 0.5) is 5.69 Å². The van der Waals surface area contributed by atoms with Crippen molar-refractivity contribution in [2.45, 2.75) is 6.42 Å². The van der Waals surface area contributed by atoms with Crippen molar-refractivity contribution in [2.75, 3.05) is 11.9 Å². The fourth-order valence-corrected chi connectivity index (χ4v) is 1.65. The maximum atomic E-state index is 10.8. The lowest BCUT2D eigenvalue weighted by Gasteiger charge is -2.06. The van der Waals surface area contributed by atoms with E-state index in [4.69, 9.17) is 5.11 Å². The highest BCUT2D eigenvalue weighted by molar-refractivity contribution is 5.88. The van der Waals surface area contributed by atoms with E-state index in [1.807, 2.05) is 18.2 Å². The van der Waals surface area contributed by atoms with Gasteiger partial charge in [0.05, 0.1) is 11.3 Å². The summed E-state index contributed by atoms with van der Waals surface area (Å²) in [5.41, 5.74) is 2.16. The number of carboxylic acid groups (broad SMARTS) is 1. The molecule has 0 radical (unpaired) electrons.